The molecule has 3 aromatic carbocycles. The third-order valence-electron chi connectivity index (χ3n) is 6.78. The second-order valence-electron chi connectivity index (χ2n) is 9.71. The van der Waals surface area contributed by atoms with Gasteiger partial charge in [0.25, 0.3) is 5.78 Å². The molecule has 3 heterocycles. The molecule has 1 saturated heterocycles. The number of hydrogen-bond donors (Lipinski definition) is 1. The number of ether oxygens (including phenoxy) is 3. The number of Topliss-reactive ketones (excluding diaryl/α,β-unsaturated/α-hetero) is 1. The van der Waals surface area contributed by atoms with Crippen LogP contribution < -0.4 is 19.1 Å². The topological polar surface area (TPSA) is 111 Å². The van der Waals surface area contributed by atoms with Gasteiger partial charge < -0.3 is 19.3 Å². The molecule has 220 valence electrons. The molecule has 0 bridgehead atoms. The number of anilines is 1. The summed E-state index contributed by atoms with van der Waals surface area (Å²) in [4.78, 5) is 28.5. The number of thioether (sulfide) groups is 1. The summed E-state index contributed by atoms with van der Waals surface area (Å²) < 4.78 is 17.7. The summed E-state index contributed by atoms with van der Waals surface area (Å²) in [5, 5.41) is 21.0. The predicted molar refractivity (Wildman–Crippen MR) is 165 cm³/mol. The second kappa shape index (κ2) is 12.7. The van der Waals surface area contributed by atoms with Crippen molar-refractivity contribution in [1.29, 1.82) is 0 Å². The summed E-state index contributed by atoms with van der Waals surface area (Å²) in [6.07, 6.45) is 0.814. The molecule has 43 heavy (non-hydrogen) atoms. The van der Waals surface area contributed by atoms with Gasteiger partial charge in [0.05, 0.1) is 18.2 Å². The fourth-order valence-corrected chi connectivity index (χ4v) is 6.72. The van der Waals surface area contributed by atoms with Gasteiger partial charge in [-0.15, -0.1) is 10.2 Å². The molecule has 1 aromatic heterocycles. The molecule has 1 amide bonds. The van der Waals surface area contributed by atoms with Crippen LogP contribution in [-0.4, -0.2) is 46.8 Å². The average Bonchev–Trinajstić information content (AvgIpc) is 3.61. The fourth-order valence-electron chi connectivity index (χ4n) is 4.77. The van der Waals surface area contributed by atoms with E-state index in [1.807, 2.05) is 37.3 Å². The molecular weight excluding hydrogens is 610 g/mol. The summed E-state index contributed by atoms with van der Waals surface area (Å²) in [5.41, 5.74) is 1.88. The molecule has 1 N–H and O–H groups in total. The van der Waals surface area contributed by atoms with Crippen molar-refractivity contribution in [3.63, 3.8) is 0 Å². The van der Waals surface area contributed by atoms with Crippen LogP contribution in [0.25, 0.3) is 5.76 Å². The number of carbonyl (C=O) groups excluding carboxylic acids is 2. The third-order valence-corrected chi connectivity index (χ3v) is 9.16. The van der Waals surface area contributed by atoms with E-state index in [4.69, 9.17) is 25.8 Å². The summed E-state index contributed by atoms with van der Waals surface area (Å²) in [6, 6.07) is 18.6. The Labute approximate surface area is 261 Å². The minimum atomic E-state index is -0.972. The van der Waals surface area contributed by atoms with Gasteiger partial charge in [0, 0.05) is 16.3 Å². The largest absolute Gasteiger partial charge is 0.507 e. The lowest BCUT2D eigenvalue weighted by Crippen LogP contribution is -2.29. The molecule has 0 unspecified atom stereocenters. The van der Waals surface area contributed by atoms with E-state index in [1.165, 1.54) is 28.0 Å². The maximum absolute atomic E-state index is 13.6. The predicted octanol–water partition coefficient (Wildman–Crippen LogP) is 6.67. The van der Waals surface area contributed by atoms with Crippen LogP contribution in [0, 0.1) is 0 Å². The van der Waals surface area contributed by atoms with E-state index in [-0.39, 0.29) is 16.5 Å². The van der Waals surface area contributed by atoms with Gasteiger partial charge in [-0.3, -0.25) is 14.5 Å². The van der Waals surface area contributed by atoms with E-state index in [9.17, 15) is 14.7 Å². The number of ketones is 1. The maximum atomic E-state index is 13.6. The van der Waals surface area contributed by atoms with Crippen LogP contribution in [0.1, 0.15) is 36.1 Å². The highest BCUT2D eigenvalue weighted by molar-refractivity contribution is 8.00. The third kappa shape index (κ3) is 6.06. The molecule has 0 radical (unpaired) electrons. The zero-order valence-corrected chi connectivity index (χ0v) is 25.4. The number of aromatic nitrogens is 2. The van der Waals surface area contributed by atoms with E-state index in [0.717, 1.165) is 12.0 Å². The molecule has 1 fully saturated rings. The lowest BCUT2D eigenvalue weighted by molar-refractivity contribution is -0.132. The smallest absolute Gasteiger partial charge is 0.301 e. The molecule has 2 aliphatic heterocycles. The Balaban J connectivity index is 1.39. The Morgan fingerprint density at radius 3 is 2.65 bits per heavy atom. The maximum Gasteiger partial charge on any atom is 0.301 e. The van der Waals surface area contributed by atoms with E-state index in [2.05, 4.69) is 10.2 Å². The molecule has 6 rings (SSSR count). The van der Waals surface area contributed by atoms with Crippen molar-refractivity contribution in [2.45, 2.75) is 29.5 Å². The molecule has 0 aliphatic carbocycles. The summed E-state index contributed by atoms with van der Waals surface area (Å²) in [7, 11) is 0. The highest BCUT2D eigenvalue weighted by Gasteiger charge is 2.48. The van der Waals surface area contributed by atoms with Crippen molar-refractivity contribution < 1.29 is 28.9 Å². The second-order valence-corrected chi connectivity index (χ2v) is 12.3. The number of hydrogen-bond acceptors (Lipinski definition) is 10. The number of fused-ring (bicyclic) bond motifs is 1. The van der Waals surface area contributed by atoms with Crippen LogP contribution in [0.3, 0.4) is 0 Å². The van der Waals surface area contributed by atoms with Gasteiger partial charge in [0.2, 0.25) is 5.13 Å². The number of amides is 1. The molecular formula is C31H26ClN3O6S2. The first-order valence-corrected chi connectivity index (χ1v) is 15.8. The summed E-state index contributed by atoms with van der Waals surface area (Å²) >= 11 is 8.66. The van der Waals surface area contributed by atoms with Crippen molar-refractivity contribution in [3.05, 3.63) is 94.0 Å². The Morgan fingerprint density at radius 1 is 1.07 bits per heavy atom. The summed E-state index contributed by atoms with van der Waals surface area (Å²) in [6.45, 7) is 3.29. The van der Waals surface area contributed by atoms with E-state index in [1.54, 1.807) is 36.4 Å². The standard InChI is InChI=1S/C31H26ClN3O6S2/c1-2-12-39-22-5-3-4-19(15-22)26-25(27(36)20-8-11-23-24(16-20)41-14-13-40-23)28(37)29(38)35(26)30-33-34-31(43-30)42-17-18-6-9-21(32)10-7-18/h3-11,15-16,26,36H,2,12-14,17H2,1H3/t26-/m0/s1. The highest BCUT2D eigenvalue weighted by Crippen LogP contribution is 2.45. The molecule has 9 nitrogen and oxygen atoms in total. The van der Waals surface area contributed by atoms with Crippen LogP contribution in [-0.2, 0) is 15.3 Å². The first-order chi connectivity index (χ1) is 20.9. The van der Waals surface area contributed by atoms with Crippen molar-refractivity contribution in [2.24, 2.45) is 0 Å². The zero-order valence-electron chi connectivity index (χ0n) is 23.0. The van der Waals surface area contributed by atoms with Gasteiger partial charge >= 0.3 is 5.91 Å². The first kappa shape index (κ1) is 29.0. The number of aliphatic hydroxyl groups excluding tert-OH is 1. The van der Waals surface area contributed by atoms with E-state index < -0.39 is 17.7 Å². The Morgan fingerprint density at radius 2 is 1.86 bits per heavy atom. The van der Waals surface area contributed by atoms with Crippen LogP contribution in [0.15, 0.2) is 76.6 Å². The number of rotatable bonds is 9. The SMILES string of the molecule is CCCOc1cccc([C@H]2C(=C(O)c3ccc4c(c3)OCCO4)C(=O)C(=O)N2c2nnc(SCc3ccc(Cl)cc3)s2)c1. The van der Waals surface area contributed by atoms with Gasteiger partial charge in [-0.1, -0.05) is 65.9 Å². The van der Waals surface area contributed by atoms with Crippen molar-refractivity contribution in [3.8, 4) is 17.2 Å². The number of benzene rings is 3. The van der Waals surface area contributed by atoms with Gasteiger partial charge in [0.15, 0.2) is 15.8 Å². The number of halogens is 1. The normalized spacial score (nSPS) is 17.3. The molecule has 2 aliphatic rings. The Hall–Kier alpha value is -4.06. The number of carbonyl (C=O) groups is 2. The number of nitrogens with zero attached hydrogens (tertiary/aromatic N) is 3. The van der Waals surface area contributed by atoms with Crippen LogP contribution in [0.2, 0.25) is 5.02 Å². The highest BCUT2D eigenvalue weighted by atomic mass is 35.5. The lowest BCUT2D eigenvalue weighted by Gasteiger charge is -2.23. The van der Waals surface area contributed by atoms with Crippen LogP contribution >= 0.6 is 34.7 Å². The summed E-state index contributed by atoms with van der Waals surface area (Å²) in [5.74, 6) is 0.220. The Kier molecular flexibility index (Phi) is 8.55. The number of aliphatic hydroxyl groups is 1. The van der Waals surface area contributed by atoms with Gasteiger partial charge in [-0.2, -0.15) is 0 Å². The van der Waals surface area contributed by atoms with Crippen LogP contribution in [0.5, 0.6) is 17.2 Å². The quantitative estimate of drug-likeness (QED) is 0.0708. The van der Waals surface area contributed by atoms with Crippen molar-refractivity contribution in [2.75, 3.05) is 24.7 Å². The minimum Gasteiger partial charge on any atom is -0.507 e. The Bertz CT molecular complexity index is 1710. The van der Waals surface area contributed by atoms with Crippen LogP contribution in [0.4, 0.5) is 5.13 Å². The monoisotopic (exact) mass is 635 g/mol. The van der Waals surface area contributed by atoms with E-state index in [0.29, 0.717) is 63.3 Å². The van der Waals surface area contributed by atoms with Gasteiger partial charge in [-0.25, -0.2) is 0 Å². The molecule has 4 aromatic rings. The molecule has 0 spiro atoms. The lowest BCUT2D eigenvalue weighted by atomic mass is 9.95. The average molecular weight is 636 g/mol. The zero-order chi connectivity index (χ0) is 29.9. The molecule has 1 atom stereocenters. The van der Waals surface area contributed by atoms with Gasteiger partial charge in [0.1, 0.15) is 24.7 Å². The van der Waals surface area contributed by atoms with Crippen molar-refractivity contribution in [1.82, 2.24) is 10.2 Å². The van der Waals surface area contributed by atoms with Crippen molar-refractivity contribution >= 4 is 57.3 Å². The fraction of sp³-hybridized carbons (Fsp3) is 0.226. The van der Waals surface area contributed by atoms with E-state index >= 15 is 0 Å². The minimum absolute atomic E-state index is 0.0695. The first-order valence-electron chi connectivity index (χ1n) is 13.6. The van der Waals surface area contributed by atoms with Gasteiger partial charge in [-0.05, 0) is 60.0 Å². The molecule has 0 saturated carbocycles. The molecule has 12 heteroatoms.